The van der Waals surface area contributed by atoms with Gasteiger partial charge >= 0.3 is 0 Å². The zero-order valence-corrected chi connectivity index (χ0v) is 9.87. The first-order valence-electron chi connectivity index (χ1n) is 5.45. The maximum Gasteiger partial charge on any atom is 0.0988 e. The van der Waals surface area contributed by atoms with Crippen LogP contribution in [-0.2, 0) is 4.74 Å². The van der Waals surface area contributed by atoms with Crippen molar-refractivity contribution in [3.05, 3.63) is 17.0 Å². The molecule has 1 unspecified atom stereocenters. The summed E-state index contributed by atoms with van der Waals surface area (Å²) in [6, 6.07) is 0.807. The van der Waals surface area contributed by atoms with Crippen LogP contribution in [0.5, 0.6) is 0 Å². The number of aryl methyl sites for hydroxylation is 1. The van der Waals surface area contributed by atoms with Gasteiger partial charge in [0.05, 0.1) is 24.9 Å². The second-order valence-corrected chi connectivity index (χ2v) is 4.23. The van der Waals surface area contributed by atoms with Crippen LogP contribution in [0.4, 0.5) is 0 Å². The zero-order valence-electron chi connectivity index (χ0n) is 9.87. The molecule has 0 radical (unpaired) electrons. The van der Waals surface area contributed by atoms with Gasteiger partial charge < -0.3 is 10.1 Å². The minimum atomic E-state index is 0.361. The van der Waals surface area contributed by atoms with E-state index in [4.69, 9.17) is 4.74 Å². The summed E-state index contributed by atoms with van der Waals surface area (Å²) >= 11 is 0. The molecule has 2 rings (SSSR count). The van der Waals surface area contributed by atoms with Crippen molar-refractivity contribution in [2.45, 2.75) is 32.9 Å². The minimum Gasteiger partial charge on any atom is -0.377 e. The third-order valence-corrected chi connectivity index (χ3v) is 3.21. The lowest BCUT2D eigenvalue weighted by molar-refractivity contribution is -0.0296. The number of hydrogen-bond acceptors (Lipinski definition) is 3. The predicted molar refractivity (Wildman–Crippen MR) is 59.0 cm³/mol. The molecule has 1 N–H and O–H groups in total. The van der Waals surface area contributed by atoms with Gasteiger partial charge in [-0.3, -0.25) is 4.68 Å². The fourth-order valence-electron chi connectivity index (χ4n) is 2.17. The number of aromatic nitrogens is 2. The second kappa shape index (κ2) is 3.94. The largest absolute Gasteiger partial charge is 0.377 e. The average molecular weight is 209 g/mol. The fourth-order valence-corrected chi connectivity index (χ4v) is 2.17. The Kier molecular flexibility index (Phi) is 2.80. The molecule has 0 amide bonds. The second-order valence-electron chi connectivity index (χ2n) is 4.23. The smallest absolute Gasteiger partial charge is 0.0988 e. The van der Waals surface area contributed by atoms with E-state index >= 15 is 0 Å². The molecule has 1 aliphatic heterocycles. The Morgan fingerprint density at radius 3 is 2.60 bits per heavy atom. The third-order valence-electron chi connectivity index (χ3n) is 3.21. The number of nitrogens with one attached hydrogen (secondary N) is 1. The maximum atomic E-state index is 5.20. The van der Waals surface area contributed by atoms with Crippen molar-refractivity contribution in [2.24, 2.45) is 0 Å². The summed E-state index contributed by atoms with van der Waals surface area (Å²) in [4.78, 5) is 0. The molecule has 84 valence electrons. The van der Waals surface area contributed by atoms with E-state index in [0.717, 1.165) is 18.9 Å². The Balaban J connectivity index is 2.34. The predicted octanol–water partition coefficient (Wildman–Crippen LogP) is 1.35. The lowest BCUT2D eigenvalue weighted by Gasteiger charge is -2.27. The SMILES string of the molecule is CNC(C)c1c(C)nn(C2COC2)c1C. The highest BCUT2D eigenvalue weighted by Crippen LogP contribution is 2.26. The van der Waals surface area contributed by atoms with Crippen LogP contribution in [0, 0.1) is 13.8 Å². The molecule has 2 heterocycles. The van der Waals surface area contributed by atoms with Gasteiger partial charge in [0.15, 0.2) is 0 Å². The van der Waals surface area contributed by atoms with Crippen molar-refractivity contribution >= 4 is 0 Å². The Hall–Kier alpha value is -0.870. The van der Waals surface area contributed by atoms with Gasteiger partial charge in [-0.1, -0.05) is 0 Å². The van der Waals surface area contributed by atoms with Crippen molar-refractivity contribution in [2.75, 3.05) is 20.3 Å². The lowest BCUT2D eigenvalue weighted by Crippen LogP contribution is -2.32. The molecule has 4 nitrogen and oxygen atoms in total. The van der Waals surface area contributed by atoms with Gasteiger partial charge in [0, 0.05) is 17.3 Å². The molecule has 15 heavy (non-hydrogen) atoms. The van der Waals surface area contributed by atoms with E-state index in [1.165, 1.54) is 11.3 Å². The zero-order chi connectivity index (χ0) is 11.0. The van der Waals surface area contributed by atoms with Crippen molar-refractivity contribution in [1.29, 1.82) is 0 Å². The van der Waals surface area contributed by atoms with Gasteiger partial charge in [-0.15, -0.1) is 0 Å². The van der Waals surface area contributed by atoms with Crippen LogP contribution in [-0.4, -0.2) is 30.0 Å². The number of nitrogens with zero attached hydrogens (tertiary/aromatic N) is 2. The first kappa shape index (κ1) is 10.6. The van der Waals surface area contributed by atoms with Crippen LogP contribution in [0.2, 0.25) is 0 Å². The molecule has 4 heteroatoms. The first-order chi connectivity index (χ1) is 7.15. The average Bonchev–Trinajstić information content (AvgIpc) is 2.39. The van der Waals surface area contributed by atoms with Crippen LogP contribution >= 0.6 is 0 Å². The topological polar surface area (TPSA) is 39.1 Å². The van der Waals surface area contributed by atoms with Crippen molar-refractivity contribution < 1.29 is 4.74 Å². The molecule has 0 aliphatic carbocycles. The molecule has 1 aliphatic rings. The molecule has 0 saturated carbocycles. The van der Waals surface area contributed by atoms with E-state index in [9.17, 15) is 0 Å². The summed E-state index contributed by atoms with van der Waals surface area (Å²) in [7, 11) is 1.98. The van der Waals surface area contributed by atoms with Gasteiger partial charge in [0.25, 0.3) is 0 Å². The highest BCUT2D eigenvalue weighted by Gasteiger charge is 2.26. The van der Waals surface area contributed by atoms with Crippen LogP contribution in [0.15, 0.2) is 0 Å². The van der Waals surface area contributed by atoms with E-state index in [2.05, 4.69) is 35.9 Å². The molecule has 0 bridgehead atoms. The van der Waals surface area contributed by atoms with Crippen LogP contribution in [0.1, 0.15) is 36.0 Å². The van der Waals surface area contributed by atoms with E-state index in [1.807, 2.05) is 7.05 Å². The van der Waals surface area contributed by atoms with Gasteiger partial charge in [0.1, 0.15) is 0 Å². The Labute approximate surface area is 90.6 Å². The summed E-state index contributed by atoms with van der Waals surface area (Å²) in [5.41, 5.74) is 3.72. The highest BCUT2D eigenvalue weighted by molar-refractivity contribution is 5.28. The first-order valence-corrected chi connectivity index (χ1v) is 5.45. The summed E-state index contributed by atoms with van der Waals surface area (Å²) in [6.07, 6.45) is 0. The standard InChI is InChI=1S/C11H19N3O/c1-7(12-4)11-8(2)13-14(9(11)3)10-5-15-6-10/h7,10,12H,5-6H2,1-4H3. The normalized spacial score (nSPS) is 18.9. The number of hydrogen-bond donors (Lipinski definition) is 1. The lowest BCUT2D eigenvalue weighted by atomic mass is 10.1. The highest BCUT2D eigenvalue weighted by atomic mass is 16.5. The van der Waals surface area contributed by atoms with E-state index in [0.29, 0.717) is 12.1 Å². The van der Waals surface area contributed by atoms with Crippen LogP contribution in [0.25, 0.3) is 0 Å². The molecule has 1 aromatic rings. The number of rotatable bonds is 3. The summed E-state index contributed by atoms with van der Waals surface area (Å²) in [5, 5.41) is 7.86. The van der Waals surface area contributed by atoms with Crippen LogP contribution < -0.4 is 5.32 Å². The van der Waals surface area contributed by atoms with E-state index < -0.39 is 0 Å². The summed E-state index contributed by atoms with van der Waals surface area (Å²) in [5.74, 6) is 0. The fraction of sp³-hybridized carbons (Fsp3) is 0.727. The molecular formula is C11H19N3O. The third kappa shape index (κ3) is 1.68. The summed E-state index contributed by atoms with van der Waals surface area (Å²) < 4.78 is 7.32. The van der Waals surface area contributed by atoms with Gasteiger partial charge in [-0.25, -0.2) is 0 Å². The Morgan fingerprint density at radius 1 is 1.47 bits per heavy atom. The van der Waals surface area contributed by atoms with E-state index in [1.54, 1.807) is 0 Å². The monoisotopic (exact) mass is 209 g/mol. The Morgan fingerprint density at radius 2 is 2.13 bits per heavy atom. The molecule has 0 aromatic carbocycles. The molecule has 1 aromatic heterocycles. The maximum absolute atomic E-state index is 5.20. The molecule has 1 atom stereocenters. The van der Waals surface area contributed by atoms with Crippen LogP contribution in [0.3, 0.4) is 0 Å². The molecule has 1 saturated heterocycles. The van der Waals surface area contributed by atoms with Gasteiger partial charge in [-0.05, 0) is 27.8 Å². The van der Waals surface area contributed by atoms with Crippen molar-refractivity contribution in [3.63, 3.8) is 0 Å². The quantitative estimate of drug-likeness (QED) is 0.816. The molecular weight excluding hydrogens is 190 g/mol. The van der Waals surface area contributed by atoms with Gasteiger partial charge in [0.2, 0.25) is 0 Å². The van der Waals surface area contributed by atoms with E-state index in [-0.39, 0.29) is 0 Å². The Bertz CT molecular complexity index is 355. The summed E-state index contributed by atoms with van der Waals surface area (Å²) in [6.45, 7) is 7.98. The minimum absolute atomic E-state index is 0.361. The molecule has 1 fully saturated rings. The van der Waals surface area contributed by atoms with Crippen molar-refractivity contribution in [3.8, 4) is 0 Å². The van der Waals surface area contributed by atoms with Crippen molar-refractivity contribution in [1.82, 2.24) is 15.1 Å². The molecule has 0 spiro atoms. The number of ether oxygens (including phenoxy) is 1. The van der Waals surface area contributed by atoms with Gasteiger partial charge in [-0.2, -0.15) is 5.10 Å².